The van der Waals surface area contributed by atoms with Gasteiger partial charge in [-0.15, -0.1) is 0 Å². The van der Waals surface area contributed by atoms with Crippen LogP contribution in [0, 0.1) is 11.3 Å². The van der Waals surface area contributed by atoms with Crippen LogP contribution in [0.25, 0.3) is 0 Å². The summed E-state index contributed by atoms with van der Waals surface area (Å²) in [7, 11) is 0. The Morgan fingerprint density at radius 1 is 1.38 bits per heavy atom. The summed E-state index contributed by atoms with van der Waals surface area (Å²) >= 11 is 0. The molecule has 0 aliphatic carbocycles. The van der Waals surface area contributed by atoms with Crippen molar-refractivity contribution < 1.29 is 4.74 Å². The molecule has 1 atom stereocenters. The van der Waals surface area contributed by atoms with Gasteiger partial charge >= 0.3 is 0 Å². The van der Waals surface area contributed by atoms with Crippen molar-refractivity contribution in [2.45, 2.75) is 19.4 Å². The van der Waals surface area contributed by atoms with E-state index in [2.05, 4.69) is 6.07 Å². The number of hydrogen-bond acceptors (Lipinski definition) is 2. The number of nitrogens with zero attached hydrogens (tertiary/aromatic N) is 1. The molecule has 1 aromatic rings. The monoisotopic (exact) mass is 175 g/mol. The van der Waals surface area contributed by atoms with E-state index in [1.807, 2.05) is 37.3 Å². The smallest absolute Gasteiger partial charge is 0.147 e. The molecule has 0 spiro atoms. The van der Waals surface area contributed by atoms with E-state index in [1.54, 1.807) is 0 Å². The second kappa shape index (κ2) is 5.34. The van der Waals surface area contributed by atoms with Crippen molar-refractivity contribution in [3.8, 4) is 6.07 Å². The molecule has 1 aromatic carbocycles. The first kappa shape index (κ1) is 9.76. The van der Waals surface area contributed by atoms with Crippen LogP contribution < -0.4 is 0 Å². The van der Waals surface area contributed by atoms with Crippen molar-refractivity contribution in [1.82, 2.24) is 0 Å². The molecule has 13 heavy (non-hydrogen) atoms. The minimum atomic E-state index is -0.313. The molecule has 0 bridgehead atoms. The molecule has 0 heterocycles. The van der Waals surface area contributed by atoms with Gasteiger partial charge in [0.05, 0.1) is 6.07 Å². The van der Waals surface area contributed by atoms with Gasteiger partial charge in [0.2, 0.25) is 0 Å². The Morgan fingerprint density at radius 2 is 2.08 bits per heavy atom. The fraction of sp³-hybridized carbons (Fsp3) is 0.364. The summed E-state index contributed by atoms with van der Waals surface area (Å²) in [6, 6.07) is 12.0. The van der Waals surface area contributed by atoms with Gasteiger partial charge in [-0.25, -0.2) is 0 Å². The van der Waals surface area contributed by atoms with E-state index in [-0.39, 0.29) is 6.10 Å². The van der Waals surface area contributed by atoms with Gasteiger partial charge in [0.1, 0.15) is 6.10 Å². The van der Waals surface area contributed by atoms with Gasteiger partial charge in [-0.1, -0.05) is 30.3 Å². The number of ether oxygens (including phenoxy) is 1. The van der Waals surface area contributed by atoms with Gasteiger partial charge in [0.15, 0.2) is 0 Å². The van der Waals surface area contributed by atoms with Crippen LogP contribution >= 0.6 is 0 Å². The molecule has 1 rings (SSSR count). The summed E-state index contributed by atoms with van der Waals surface area (Å²) < 4.78 is 5.23. The van der Waals surface area contributed by atoms with Crippen molar-refractivity contribution >= 4 is 0 Å². The Labute approximate surface area is 78.8 Å². The largest absolute Gasteiger partial charge is 0.363 e. The van der Waals surface area contributed by atoms with Gasteiger partial charge in [-0.2, -0.15) is 5.26 Å². The number of rotatable bonds is 4. The van der Waals surface area contributed by atoms with Crippen LogP contribution in [0.1, 0.15) is 12.5 Å². The molecular weight excluding hydrogens is 162 g/mol. The van der Waals surface area contributed by atoms with Crippen molar-refractivity contribution in [2.24, 2.45) is 0 Å². The molecule has 0 aliphatic heterocycles. The normalized spacial score (nSPS) is 12.0. The molecule has 0 N–H and O–H groups in total. The Hall–Kier alpha value is -1.33. The van der Waals surface area contributed by atoms with E-state index in [1.165, 1.54) is 0 Å². The third-order valence-electron chi connectivity index (χ3n) is 1.78. The minimum absolute atomic E-state index is 0.313. The van der Waals surface area contributed by atoms with Gasteiger partial charge in [0.25, 0.3) is 0 Å². The fourth-order valence-corrected chi connectivity index (χ4v) is 1.17. The van der Waals surface area contributed by atoms with Crippen LogP contribution in [0.4, 0.5) is 0 Å². The molecule has 2 heteroatoms. The predicted molar refractivity (Wildman–Crippen MR) is 51.2 cm³/mol. The average Bonchev–Trinajstić information content (AvgIpc) is 2.19. The Balaban J connectivity index is 2.53. The molecule has 1 unspecified atom stereocenters. The van der Waals surface area contributed by atoms with Crippen LogP contribution in [0.3, 0.4) is 0 Å². The van der Waals surface area contributed by atoms with Crippen molar-refractivity contribution in [2.75, 3.05) is 6.61 Å². The molecule has 0 fully saturated rings. The zero-order valence-corrected chi connectivity index (χ0v) is 7.73. The molecule has 0 amide bonds. The molecule has 0 saturated carbocycles. The Bertz CT molecular complexity index is 276. The number of nitriles is 1. The fourth-order valence-electron chi connectivity index (χ4n) is 1.17. The maximum atomic E-state index is 8.74. The van der Waals surface area contributed by atoms with E-state index in [0.29, 0.717) is 13.0 Å². The average molecular weight is 175 g/mol. The topological polar surface area (TPSA) is 33.0 Å². The Morgan fingerprint density at radius 3 is 2.62 bits per heavy atom. The highest BCUT2D eigenvalue weighted by Gasteiger charge is 2.06. The molecule has 0 aliphatic rings. The maximum Gasteiger partial charge on any atom is 0.147 e. The van der Waals surface area contributed by atoms with Crippen molar-refractivity contribution in [3.63, 3.8) is 0 Å². The standard InChI is InChI=1S/C11H13NO/c1-2-13-11(9-12)8-10-6-4-3-5-7-10/h3-7,11H,2,8H2,1H3. The molecular formula is C11H13NO. The van der Waals surface area contributed by atoms with Gasteiger partial charge in [-0.05, 0) is 12.5 Å². The van der Waals surface area contributed by atoms with Crippen LogP contribution in [-0.4, -0.2) is 12.7 Å². The second-order valence-corrected chi connectivity index (χ2v) is 2.76. The second-order valence-electron chi connectivity index (χ2n) is 2.76. The highest BCUT2D eigenvalue weighted by Crippen LogP contribution is 2.04. The van der Waals surface area contributed by atoms with Crippen LogP contribution in [0.5, 0.6) is 0 Å². The molecule has 0 radical (unpaired) electrons. The SMILES string of the molecule is CCOC(C#N)Cc1ccccc1. The van der Waals surface area contributed by atoms with E-state index < -0.39 is 0 Å². The third-order valence-corrected chi connectivity index (χ3v) is 1.78. The zero-order valence-electron chi connectivity index (χ0n) is 7.73. The number of benzene rings is 1. The zero-order chi connectivity index (χ0) is 9.52. The van der Waals surface area contributed by atoms with Crippen LogP contribution in [0.2, 0.25) is 0 Å². The van der Waals surface area contributed by atoms with E-state index in [4.69, 9.17) is 10.00 Å². The predicted octanol–water partition coefficient (Wildman–Crippen LogP) is 2.16. The molecule has 0 saturated heterocycles. The molecule has 2 nitrogen and oxygen atoms in total. The first-order chi connectivity index (χ1) is 6.36. The third kappa shape index (κ3) is 3.27. The van der Waals surface area contributed by atoms with Crippen LogP contribution in [-0.2, 0) is 11.2 Å². The van der Waals surface area contributed by atoms with E-state index in [0.717, 1.165) is 5.56 Å². The lowest BCUT2D eigenvalue weighted by atomic mass is 10.1. The summed E-state index contributed by atoms with van der Waals surface area (Å²) in [4.78, 5) is 0. The van der Waals surface area contributed by atoms with Gasteiger partial charge < -0.3 is 4.74 Å². The summed E-state index contributed by atoms with van der Waals surface area (Å²) in [6.07, 6.45) is 0.359. The Kier molecular flexibility index (Phi) is 4.01. The summed E-state index contributed by atoms with van der Waals surface area (Å²) in [5.41, 5.74) is 1.14. The first-order valence-electron chi connectivity index (χ1n) is 4.42. The summed E-state index contributed by atoms with van der Waals surface area (Å²) in [6.45, 7) is 2.49. The highest BCUT2D eigenvalue weighted by atomic mass is 16.5. The quantitative estimate of drug-likeness (QED) is 0.702. The number of hydrogen-bond donors (Lipinski definition) is 0. The lowest BCUT2D eigenvalue weighted by Crippen LogP contribution is -2.13. The minimum Gasteiger partial charge on any atom is -0.363 e. The summed E-state index contributed by atoms with van der Waals surface area (Å²) in [5, 5.41) is 8.74. The van der Waals surface area contributed by atoms with Gasteiger partial charge in [-0.3, -0.25) is 0 Å². The van der Waals surface area contributed by atoms with Crippen molar-refractivity contribution in [3.05, 3.63) is 35.9 Å². The first-order valence-corrected chi connectivity index (χ1v) is 4.42. The van der Waals surface area contributed by atoms with Crippen molar-refractivity contribution in [1.29, 1.82) is 5.26 Å². The molecule has 0 aromatic heterocycles. The lowest BCUT2D eigenvalue weighted by Gasteiger charge is -2.08. The van der Waals surface area contributed by atoms with Crippen LogP contribution in [0.15, 0.2) is 30.3 Å². The lowest BCUT2D eigenvalue weighted by molar-refractivity contribution is 0.102. The maximum absolute atomic E-state index is 8.74. The van der Waals surface area contributed by atoms with E-state index in [9.17, 15) is 0 Å². The molecule has 68 valence electrons. The summed E-state index contributed by atoms with van der Waals surface area (Å²) in [5.74, 6) is 0. The highest BCUT2D eigenvalue weighted by molar-refractivity contribution is 5.16. The van der Waals surface area contributed by atoms with Gasteiger partial charge in [0, 0.05) is 13.0 Å². The van der Waals surface area contributed by atoms with E-state index >= 15 is 0 Å².